The highest BCUT2D eigenvalue weighted by atomic mass is 14.8. The summed E-state index contributed by atoms with van der Waals surface area (Å²) in [5.74, 6) is 1.18. The van der Waals surface area contributed by atoms with Gasteiger partial charge in [-0.15, -0.1) is 0 Å². The predicted molar refractivity (Wildman–Crippen MR) is 124 cm³/mol. The van der Waals surface area contributed by atoms with Crippen LogP contribution in [0, 0.1) is 0 Å². The molecule has 4 heteroatoms. The summed E-state index contributed by atoms with van der Waals surface area (Å²) in [6, 6.07) is 16.5. The minimum atomic E-state index is 0.191. The topological polar surface area (TPSA) is 76.8 Å². The van der Waals surface area contributed by atoms with Gasteiger partial charge in [-0.1, -0.05) is 90.1 Å². The van der Waals surface area contributed by atoms with Gasteiger partial charge in [0.15, 0.2) is 0 Å². The van der Waals surface area contributed by atoms with Gasteiger partial charge in [-0.05, 0) is 22.0 Å². The molecule has 0 spiro atoms. The third-order valence-electron chi connectivity index (χ3n) is 4.58. The van der Waals surface area contributed by atoms with Crippen LogP contribution >= 0.6 is 0 Å². The normalized spacial score (nSPS) is 13.0. The van der Waals surface area contributed by atoms with Gasteiger partial charge < -0.3 is 11.5 Å². The summed E-state index contributed by atoms with van der Waals surface area (Å²) < 4.78 is 0. The van der Waals surface area contributed by atoms with Crippen molar-refractivity contribution >= 4 is 11.7 Å². The first-order valence-electron chi connectivity index (χ1n) is 9.56. The molecule has 0 aliphatic heterocycles. The molecule has 152 valence electrons. The van der Waals surface area contributed by atoms with Crippen LogP contribution in [0.15, 0.2) is 58.5 Å². The van der Waals surface area contributed by atoms with Crippen LogP contribution in [0.5, 0.6) is 0 Å². The highest BCUT2D eigenvalue weighted by molar-refractivity contribution is 5.97. The van der Waals surface area contributed by atoms with Crippen LogP contribution in [-0.4, -0.2) is 25.8 Å². The summed E-state index contributed by atoms with van der Waals surface area (Å²) in [6.45, 7) is 13.2. The molecule has 2 rings (SSSR count). The van der Waals surface area contributed by atoms with Gasteiger partial charge >= 0.3 is 0 Å². The lowest BCUT2D eigenvalue weighted by molar-refractivity contribution is 0.590. The Labute approximate surface area is 170 Å². The van der Waals surface area contributed by atoms with Crippen molar-refractivity contribution in [2.75, 3.05) is 14.1 Å². The summed E-state index contributed by atoms with van der Waals surface area (Å²) in [5, 5.41) is 0. The van der Waals surface area contributed by atoms with Crippen LogP contribution in [0.2, 0.25) is 0 Å². The molecule has 0 bridgehead atoms. The Morgan fingerprint density at radius 3 is 1.00 bits per heavy atom. The van der Waals surface area contributed by atoms with Crippen molar-refractivity contribution < 1.29 is 0 Å². The van der Waals surface area contributed by atoms with Crippen molar-refractivity contribution in [3.8, 4) is 0 Å². The number of nitrogens with zero attached hydrogens (tertiary/aromatic N) is 2. The number of amidine groups is 2. The molecular formula is C24H36N4. The lowest BCUT2D eigenvalue weighted by Crippen LogP contribution is -2.15. The Kier molecular flexibility index (Phi) is 7.98. The molecule has 2 aromatic carbocycles. The molecule has 0 atom stereocenters. The van der Waals surface area contributed by atoms with Gasteiger partial charge in [0.1, 0.15) is 11.7 Å². The molecule has 0 saturated heterocycles. The second kappa shape index (κ2) is 9.54. The summed E-state index contributed by atoms with van der Waals surface area (Å²) in [5.41, 5.74) is 16.4. The maximum absolute atomic E-state index is 5.70. The molecular weight excluding hydrogens is 344 g/mol. The summed E-state index contributed by atoms with van der Waals surface area (Å²) in [4.78, 5) is 7.89. The minimum absolute atomic E-state index is 0.191. The monoisotopic (exact) mass is 380 g/mol. The molecule has 0 amide bonds. The van der Waals surface area contributed by atoms with Crippen molar-refractivity contribution in [1.82, 2.24) is 0 Å². The zero-order chi connectivity index (χ0) is 21.5. The Balaban J connectivity index is 0.000000280. The zero-order valence-corrected chi connectivity index (χ0v) is 18.7. The van der Waals surface area contributed by atoms with Crippen molar-refractivity contribution in [1.29, 1.82) is 0 Å². The number of rotatable bonds is 2. The SMILES string of the molecule is CN=C(N)c1ccc(C(C)(C)C)cc1.CN=C(N)c1ccc(C(C)(C)C)cc1. The van der Waals surface area contributed by atoms with Crippen LogP contribution in [0.25, 0.3) is 0 Å². The van der Waals surface area contributed by atoms with E-state index >= 15 is 0 Å². The Hall–Kier alpha value is -2.62. The molecule has 0 aliphatic rings. The quantitative estimate of drug-likeness (QED) is 0.588. The summed E-state index contributed by atoms with van der Waals surface area (Å²) in [6.07, 6.45) is 0. The average Bonchev–Trinajstić information content (AvgIpc) is 2.66. The van der Waals surface area contributed by atoms with Gasteiger partial charge in [0.25, 0.3) is 0 Å². The van der Waals surface area contributed by atoms with E-state index in [1.54, 1.807) is 14.1 Å². The van der Waals surface area contributed by atoms with E-state index in [1.807, 2.05) is 24.3 Å². The minimum Gasteiger partial charge on any atom is -0.384 e. The third kappa shape index (κ3) is 6.84. The molecule has 2 aromatic rings. The van der Waals surface area contributed by atoms with Crippen LogP contribution in [-0.2, 0) is 10.8 Å². The van der Waals surface area contributed by atoms with Crippen molar-refractivity contribution in [3.63, 3.8) is 0 Å². The standard InChI is InChI=1S/2C12H18N2/c2*1-12(2,3)10-7-5-9(6-8-10)11(13)14-4/h2*5-8H,1-4H3,(H2,13,14). The van der Waals surface area contributed by atoms with E-state index < -0.39 is 0 Å². The number of benzene rings is 2. The van der Waals surface area contributed by atoms with E-state index in [4.69, 9.17) is 11.5 Å². The summed E-state index contributed by atoms with van der Waals surface area (Å²) >= 11 is 0. The fourth-order valence-electron chi connectivity index (χ4n) is 2.54. The van der Waals surface area contributed by atoms with Gasteiger partial charge in [-0.2, -0.15) is 0 Å². The van der Waals surface area contributed by atoms with Crippen LogP contribution in [0.4, 0.5) is 0 Å². The highest BCUT2D eigenvalue weighted by Gasteiger charge is 2.13. The number of hydrogen-bond acceptors (Lipinski definition) is 2. The van der Waals surface area contributed by atoms with E-state index in [-0.39, 0.29) is 10.8 Å². The van der Waals surface area contributed by atoms with Crippen molar-refractivity contribution in [2.45, 2.75) is 52.4 Å². The van der Waals surface area contributed by atoms with E-state index in [9.17, 15) is 0 Å². The number of aliphatic imine (C=N–C) groups is 2. The van der Waals surface area contributed by atoms with E-state index in [0.29, 0.717) is 11.7 Å². The van der Waals surface area contributed by atoms with Crippen molar-refractivity contribution in [3.05, 3.63) is 70.8 Å². The molecule has 4 N–H and O–H groups in total. The Bertz CT molecular complexity index is 728. The summed E-state index contributed by atoms with van der Waals surface area (Å²) in [7, 11) is 3.40. The molecule has 4 nitrogen and oxygen atoms in total. The molecule has 0 aliphatic carbocycles. The molecule has 0 unspecified atom stereocenters. The fourth-order valence-corrected chi connectivity index (χ4v) is 2.54. The first-order valence-corrected chi connectivity index (χ1v) is 9.56. The first-order chi connectivity index (χ1) is 12.9. The molecule has 0 radical (unpaired) electrons. The Morgan fingerprint density at radius 1 is 0.571 bits per heavy atom. The predicted octanol–water partition coefficient (Wildman–Crippen LogP) is 4.64. The number of hydrogen-bond donors (Lipinski definition) is 2. The molecule has 0 heterocycles. The van der Waals surface area contributed by atoms with Gasteiger partial charge in [-0.25, -0.2) is 0 Å². The molecule has 28 heavy (non-hydrogen) atoms. The lowest BCUT2D eigenvalue weighted by atomic mass is 9.86. The largest absolute Gasteiger partial charge is 0.384 e. The van der Waals surface area contributed by atoms with Crippen LogP contribution < -0.4 is 11.5 Å². The van der Waals surface area contributed by atoms with E-state index in [1.165, 1.54) is 11.1 Å². The van der Waals surface area contributed by atoms with Gasteiger partial charge in [0, 0.05) is 25.2 Å². The second-order valence-electron chi connectivity index (χ2n) is 8.87. The second-order valence-corrected chi connectivity index (χ2v) is 8.87. The maximum atomic E-state index is 5.70. The van der Waals surface area contributed by atoms with Crippen LogP contribution in [0.3, 0.4) is 0 Å². The van der Waals surface area contributed by atoms with Gasteiger partial charge in [0.2, 0.25) is 0 Å². The Morgan fingerprint density at radius 2 is 0.821 bits per heavy atom. The maximum Gasteiger partial charge on any atom is 0.125 e. The molecule has 0 aromatic heterocycles. The lowest BCUT2D eigenvalue weighted by Gasteiger charge is -2.19. The third-order valence-corrected chi connectivity index (χ3v) is 4.58. The van der Waals surface area contributed by atoms with E-state index in [0.717, 1.165) is 11.1 Å². The van der Waals surface area contributed by atoms with Crippen LogP contribution in [0.1, 0.15) is 63.8 Å². The van der Waals surface area contributed by atoms with Crippen molar-refractivity contribution in [2.24, 2.45) is 21.5 Å². The number of nitrogens with two attached hydrogens (primary N) is 2. The van der Waals surface area contributed by atoms with Gasteiger partial charge in [0.05, 0.1) is 0 Å². The first kappa shape index (κ1) is 23.4. The molecule has 0 saturated carbocycles. The average molecular weight is 381 g/mol. The highest BCUT2D eigenvalue weighted by Crippen LogP contribution is 2.22. The zero-order valence-electron chi connectivity index (χ0n) is 18.7. The van der Waals surface area contributed by atoms with Gasteiger partial charge in [-0.3, -0.25) is 9.98 Å². The van der Waals surface area contributed by atoms with E-state index in [2.05, 4.69) is 75.8 Å². The fraction of sp³-hybridized carbons (Fsp3) is 0.417. The molecule has 0 fully saturated rings. The smallest absolute Gasteiger partial charge is 0.125 e.